The van der Waals surface area contributed by atoms with Crippen molar-refractivity contribution in [1.29, 1.82) is 0 Å². The molecule has 4 rings (SSSR count). The van der Waals surface area contributed by atoms with Gasteiger partial charge in [-0.2, -0.15) is 0 Å². The van der Waals surface area contributed by atoms with Gasteiger partial charge >= 0.3 is 0 Å². The number of rotatable bonds is 3. The van der Waals surface area contributed by atoms with Crippen LogP contribution in [0.25, 0.3) is 0 Å². The van der Waals surface area contributed by atoms with E-state index in [0.29, 0.717) is 12.8 Å². The number of Topliss-reactive ketones (excluding diaryl/α,β-unsaturated/α-hetero) is 1. The predicted molar refractivity (Wildman–Crippen MR) is 103 cm³/mol. The third-order valence-corrected chi connectivity index (χ3v) is 9.92. The minimum absolute atomic E-state index is 0.0424. The molecule has 0 radical (unpaired) electrons. The molecule has 4 aliphatic carbocycles. The van der Waals surface area contributed by atoms with E-state index in [9.17, 15) is 19.4 Å². The van der Waals surface area contributed by atoms with Gasteiger partial charge in [0.2, 0.25) is 0 Å². The Kier molecular flexibility index (Phi) is 5.18. The number of carbonyl (C=O) groups excluding carboxylic acids is 1. The summed E-state index contributed by atoms with van der Waals surface area (Å²) in [5.41, 5.74) is -0.385. The quantitative estimate of drug-likeness (QED) is 0.753. The Morgan fingerprint density at radius 1 is 1.07 bits per heavy atom. The number of fused-ring (bicyclic) bond motifs is 5. The second kappa shape index (κ2) is 7.01. The predicted octanol–water partition coefficient (Wildman–Crippen LogP) is 4.10. The first-order valence-corrected chi connectivity index (χ1v) is 11.3. The first kappa shape index (κ1) is 20.7. The Morgan fingerprint density at radius 2 is 1.71 bits per heavy atom. The van der Waals surface area contributed by atoms with Crippen molar-refractivity contribution in [2.24, 2.45) is 46.3 Å². The van der Waals surface area contributed by atoms with E-state index in [1.54, 1.807) is 0 Å². The van der Waals surface area contributed by atoms with Crippen molar-refractivity contribution in [2.45, 2.75) is 84.2 Å². The van der Waals surface area contributed by atoms with Crippen LogP contribution in [-0.2, 0) is 4.79 Å². The number of ketones is 1. The highest BCUT2D eigenvalue weighted by atomic mass is 19.1. The van der Waals surface area contributed by atoms with E-state index in [4.69, 9.17) is 0 Å². The molecule has 0 heterocycles. The average Bonchev–Trinajstić information content (AvgIpc) is 3.03. The Balaban J connectivity index is 1.66. The minimum atomic E-state index is -1.48. The molecule has 0 aliphatic heterocycles. The molecule has 5 heteroatoms. The van der Waals surface area contributed by atoms with E-state index in [2.05, 4.69) is 13.8 Å². The summed E-state index contributed by atoms with van der Waals surface area (Å²) in [5, 5.41) is 19.6. The number of alkyl halides is 2. The van der Waals surface area contributed by atoms with Crippen molar-refractivity contribution >= 4 is 5.78 Å². The van der Waals surface area contributed by atoms with Crippen LogP contribution < -0.4 is 0 Å². The topological polar surface area (TPSA) is 57.5 Å². The number of aliphatic hydroxyl groups is 2. The van der Waals surface area contributed by atoms with Crippen LogP contribution in [0.2, 0.25) is 0 Å². The molecular formula is C23H36F2O3. The Morgan fingerprint density at radius 3 is 2.39 bits per heavy atom. The molecule has 28 heavy (non-hydrogen) atoms. The highest BCUT2D eigenvalue weighted by Crippen LogP contribution is 2.68. The van der Waals surface area contributed by atoms with Gasteiger partial charge in [-0.1, -0.05) is 20.8 Å². The van der Waals surface area contributed by atoms with Crippen LogP contribution in [0.3, 0.4) is 0 Å². The molecule has 4 aliphatic rings. The summed E-state index contributed by atoms with van der Waals surface area (Å²) in [6.07, 6.45) is 1.81. The van der Waals surface area contributed by atoms with E-state index >= 15 is 4.39 Å². The normalized spacial score (nSPS) is 53.1. The number of hydrogen-bond donors (Lipinski definition) is 2. The van der Waals surface area contributed by atoms with Crippen LogP contribution in [0.4, 0.5) is 8.78 Å². The van der Waals surface area contributed by atoms with E-state index < -0.39 is 24.4 Å². The zero-order chi connectivity index (χ0) is 20.4. The SMILES string of the molecule is C[C@H]([C@H](O)CO)[C@H]1CC[C@H]2[C@@H]3[C@H](F)C(=O)[C@H]4C[C@@H](F)CC[C@]4(C)[C@H]3CC[C@]12C. The molecule has 3 nitrogen and oxygen atoms in total. The van der Waals surface area contributed by atoms with Crippen LogP contribution in [-0.4, -0.2) is 41.1 Å². The van der Waals surface area contributed by atoms with Crippen molar-refractivity contribution < 1.29 is 23.8 Å². The lowest BCUT2D eigenvalue weighted by Crippen LogP contribution is -2.61. The number of aliphatic hydroxyl groups excluding tert-OH is 2. The van der Waals surface area contributed by atoms with Gasteiger partial charge in [0.05, 0.1) is 12.7 Å². The van der Waals surface area contributed by atoms with Gasteiger partial charge in [-0.25, -0.2) is 8.78 Å². The van der Waals surface area contributed by atoms with Gasteiger partial charge in [0, 0.05) is 11.8 Å². The Labute approximate surface area is 167 Å². The largest absolute Gasteiger partial charge is 0.394 e. The first-order valence-electron chi connectivity index (χ1n) is 11.3. The Bertz CT molecular complexity index is 627. The van der Waals surface area contributed by atoms with E-state index in [0.717, 1.165) is 25.7 Å². The fourth-order valence-corrected chi connectivity index (χ4v) is 8.26. The maximum absolute atomic E-state index is 15.6. The summed E-state index contributed by atoms with van der Waals surface area (Å²) in [6, 6.07) is 0. The van der Waals surface area contributed by atoms with Gasteiger partial charge in [0.15, 0.2) is 12.0 Å². The molecular weight excluding hydrogens is 362 g/mol. The van der Waals surface area contributed by atoms with Gasteiger partial charge in [-0.15, -0.1) is 0 Å². The molecule has 4 saturated carbocycles. The first-order chi connectivity index (χ1) is 13.1. The summed E-state index contributed by atoms with van der Waals surface area (Å²) in [5.74, 6) is -0.621. The zero-order valence-corrected chi connectivity index (χ0v) is 17.4. The van der Waals surface area contributed by atoms with Crippen molar-refractivity contribution in [3.63, 3.8) is 0 Å². The summed E-state index contributed by atoms with van der Waals surface area (Å²) < 4.78 is 29.6. The third kappa shape index (κ3) is 2.74. The van der Waals surface area contributed by atoms with Gasteiger partial charge in [-0.05, 0) is 79.4 Å². The lowest BCUT2D eigenvalue weighted by molar-refractivity contribution is -0.173. The summed E-state index contributed by atoms with van der Waals surface area (Å²) in [6.45, 7) is 6.08. The number of halogens is 2. The molecule has 11 atom stereocenters. The van der Waals surface area contributed by atoms with Gasteiger partial charge in [0.25, 0.3) is 0 Å². The van der Waals surface area contributed by atoms with Gasteiger partial charge in [0.1, 0.15) is 6.17 Å². The second-order valence-electron chi connectivity index (χ2n) is 10.9. The zero-order valence-electron chi connectivity index (χ0n) is 17.4. The van der Waals surface area contributed by atoms with Crippen molar-refractivity contribution in [2.75, 3.05) is 6.61 Å². The molecule has 0 spiro atoms. The van der Waals surface area contributed by atoms with Crippen molar-refractivity contribution in [1.82, 2.24) is 0 Å². The fourth-order valence-electron chi connectivity index (χ4n) is 8.26. The van der Waals surface area contributed by atoms with Crippen LogP contribution in [0, 0.1) is 46.3 Å². The molecule has 0 aromatic heterocycles. The summed E-state index contributed by atoms with van der Waals surface area (Å²) in [7, 11) is 0. The average molecular weight is 399 g/mol. The molecule has 2 N–H and O–H groups in total. The molecule has 0 aromatic carbocycles. The summed E-state index contributed by atoms with van der Waals surface area (Å²) in [4.78, 5) is 13.0. The van der Waals surface area contributed by atoms with Crippen LogP contribution >= 0.6 is 0 Å². The summed E-state index contributed by atoms with van der Waals surface area (Å²) >= 11 is 0. The molecule has 0 bridgehead atoms. The van der Waals surface area contributed by atoms with Crippen molar-refractivity contribution in [3.8, 4) is 0 Å². The molecule has 0 unspecified atom stereocenters. The third-order valence-electron chi connectivity index (χ3n) is 9.92. The minimum Gasteiger partial charge on any atom is -0.394 e. The smallest absolute Gasteiger partial charge is 0.170 e. The molecule has 0 amide bonds. The second-order valence-corrected chi connectivity index (χ2v) is 10.9. The standard InChI is InChI=1S/C23H36F2O3/c1-12(18(27)11-26)14-4-5-15-19-16(7-9-22(14,15)2)23(3)8-6-13(24)10-17(23)21(28)20(19)25/h12-20,26-27H,4-11H2,1-3H3/t12-,13-,14+,15-,16-,17+,18+,19-,20-,22+,23+/m0/s1. The molecule has 4 fully saturated rings. The lowest BCUT2D eigenvalue weighted by atomic mass is 9.43. The highest BCUT2D eigenvalue weighted by molar-refractivity contribution is 5.87. The molecule has 160 valence electrons. The van der Waals surface area contributed by atoms with E-state index in [1.807, 2.05) is 6.92 Å². The van der Waals surface area contributed by atoms with Crippen molar-refractivity contribution in [3.05, 3.63) is 0 Å². The van der Waals surface area contributed by atoms with Gasteiger partial charge in [-0.3, -0.25) is 4.79 Å². The molecule has 0 saturated heterocycles. The van der Waals surface area contributed by atoms with Gasteiger partial charge < -0.3 is 10.2 Å². The fraction of sp³-hybridized carbons (Fsp3) is 0.957. The maximum Gasteiger partial charge on any atom is 0.170 e. The van der Waals surface area contributed by atoms with Crippen LogP contribution in [0.1, 0.15) is 65.7 Å². The lowest BCUT2D eigenvalue weighted by Gasteiger charge is -2.61. The highest BCUT2D eigenvalue weighted by Gasteiger charge is 2.66. The molecule has 0 aromatic rings. The van der Waals surface area contributed by atoms with Crippen LogP contribution in [0.5, 0.6) is 0 Å². The van der Waals surface area contributed by atoms with Crippen LogP contribution in [0.15, 0.2) is 0 Å². The Hall–Kier alpha value is -0.550. The van der Waals surface area contributed by atoms with E-state index in [-0.39, 0.29) is 59.2 Å². The number of hydrogen-bond acceptors (Lipinski definition) is 3. The number of carbonyl (C=O) groups is 1. The maximum atomic E-state index is 15.6. The van der Waals surface area contributed by atoms with E-state index in [1.165, 1.54) is 0 Å². The monoisotopic (exact) mass is 398 g/mol.